The van der Waals surface area contributed by atoms with Crippen molar-refractivity contribution in [1.82, 2.24) is 0 Å². The van der Waals surface area contributed by atoms with Gasteiger partial charge in [-0.15, -0.1) is 0 Å². The highest BCUT2D eigenvalue weighted by molar-refractivity contribution is 6.10. The summed E-state index contributed by atoms with van der Waals surface area (Å²) in [5.74, 6) is -6.47. The molecule has 98 heavy (non-hydrogen) atoms. The zero-order valence-corrected chi connectivity index (χ0v) is 51.1. The van der Waals surface area contributed by atoms with Crippen molar-refractivity contribution in [3.63, 3.8) is 0 Å². The third-order valence-corrected chi connectivity index (χ3v) is 13.1. The van der Waals surface area contributed by atoms with Crippen molar-refractivity contribution >= 4 is 92.9 Å². The number of benzene rings is 8. The molecule has 0 aliphatic heterocycles. The van der Waals surface area contributed by atoms with E-state index in [2.05, 4.69) is 10.6 Å². The van der Waals surface area contributed by atoms with E-state index in [0.717, 1.165) is 36.4 Å². The molecule has 502 valence electrons. The average Bonchev–Trinajstić information content (AvgIpc) is 0.833. The number of nitrogens with zero attached hydrogens (tertiary/aromatic N) is 5. The average molecular weight is 1350 g/mol. The van der Waals surface area contributed by atoms with Crippen LogP contribution in [0.25, 0.3) is 0 Å². The van der Waals surface area contributed by atoms with Crippen molar-refractivity contribution in [2.24, 2.45) is 0 Å². The predicted octanol–water partition coefficient (Wildman–Crippen LogP) is 9.96. The van der Waals surface area contributed by atoms with Crippen LogP contribution in [0.5, 0.6) is 23.0 Å². The summed E-state index contributed by atoms with van der Waals surface area (Å²) in [4.78, 5) is 161. The first-order chi connectivity index (χ1) is 46.7. The largest absolute Gasteiger partial charge is 0.497 e. The topological polar surface area (TPSA) is 478 Å². The minimum absolute atomic E-state index is 0.00566. The molecular formula is C64H49N7O27. The van der Waals surface area contributed by atoms with Crippen LogP contribution in [-0.2, 0) is 14.2 Å². The number of ether oxygens (including phenoxy) is 7. The van der Waals surface area contributed by atoms with E-state index in [4.69, 9.17) is 33.2 Å². The Bertz CT molecular complexity index is 4400. The molecule has 0 aliphatic rings. The van der Waals surface area contributed by atoms with Gasteiger partial charge in [-0.3, -0.25) is 74.5 Å². The number of nitro benzene ring substituents is 5. The van der Waals surface area contributed by atoms with Crippen LogP contribution in [0, 0.1) is 50.6 Å². The lowest BCUT2D eigenvalue weighted by Gasteiger charge is -2.14. The Morgan fingerprint density at radius 1 is 0.367 bits per heavy atom. The fourth-order valence-corrected chi connectivity index (χ4v) is 8.26. The lowest BCUT2D eigenvalue weighted by molar-refractivity contribution is -0.394. The van der Waals surface area contributed by atoms with Crippen LogP contribution in [0.3, 0.4) is 0 Å². The second kappa shape index (κ2) is 33.9. The van der Waals surface area contributed by atoms with Crippen molar-refractivity contribution in [3.05, 3.63) is 271 Å². The number of amides is 2. The summed E-state index contributed by atoms with van der Waals surface area (Å²) in [6.45, 7) is -1.89. The number of carboxylic acid groups (broad SMARTS) is 1. The number of rotatable bonds is 26. The van der Waals surface area contributed by atoms with Crippen molar-refractivity contribution in [3.8, 4) is 23.0 Å². The quantitative estimate of drug-likeness (QED) is 0.0149. The Morgan fingerprint density at radius 2 is 0.806 bits per heavy atom. The monoisotopic (exact) mass is 1350 g/mol. The molecule has 8 aromatic rings. The van der Waals surface area contributed by atoms with Gasteiger partial charge in [-0.05, 0) is 78.9 Å². The molecule has 0 aromatic heterocycles. The highest BCUT2D eigenvalue weighted by Crippen LogP contribution is 2.35. The van der Waals surface area contributed by atoms with Gasteiger partial charge in [0.25, 0.3) is 34.6 Å². The normalized spacial score (nSPS) is 10.2. The molecule has 34 heteroatoms. The summed E-state index contributed by atoms with van der Waals surface area (Å²) in [5, 5.41) is 69.1. The highest BCUT2D eigenvalue weighted by Gasteiger charge is 2.27. The standard InChI is InChI=1S/C24H16N2O10.C23H17N3O9.C17H16N2O8/c27-21(15-4-2-8-19(11-15)25(31)32)13-35-23(29)17-6-1-7-18(10-17)24(30)36-14-22(28)16-5-3-9-20(12-16)26(33)34;1-34-18-8-5-14(6-9-18)21(27)13-35-23(29)15-3-2-4-16(11-15)24-22(28)19-10-7-17(25(30)31)12-20(19)26(32)33;1-25-13-5-4-9(6-12(13)19(23)24)16(20)18-11-8-15(27-3)14(26-2)7-10(11)17(21)22/h1-12H,13-14H2;2-12H,13H2,1H3,(H,24,28);4-8H,1-3H3,(H,18,20)(H,21,22). The van der Waals surface area contributed by atoms with Gasteiger partial charge in [-0.25, -0.2) is 19.2 Å². The SMILES string of the molecule is COc1cc(NC(=O)c2ccc(OC)c([N+](=O)[O-])c2)c(C(=O)O)cc1OC.COc1ccc(C(=O)COC(=O)c2cccc(NC(=O)c3ccc([N+](=O)[O-])cc3[N+](=O)[O-])c2)cc1.O=C(COC(=O)c1cccc(C(=O)OCC(=O)c2cccc([N+](=O)[O-])c2)c1)c1cccc([N+](=O)[O-])c1. The van der Waals surface area contributed by atoms with Gasteiger partial charge in [-0.2, -0.15) is 0 Å². The summed E-state index contributed by atoms with van der Waals surface area (Å²) in [7, 11) is 5.46. The molecule has 0 heterocycles. The number of methoxy groups -OCH3 is 4. The molecule has 0 unspecified atom stereocenters. The number of carboxylic acids is 1. The number of carbonyl (C=O) groups is 9. The van der Waals surface area contributed by atoms with E-state index in [9.17, 15) is 98.8 Å². The van der Waals surface area contributed by atoms with E-state index in [1.807, 2.05) is 0 Å². The summed E-state index contributed by atoms with van der Waals surface area (Å²) < 4.78 is 35.0. The van der Waals surface area contributed by atoms with Gasteiger partial charge in [0.1, 0.15) is 11.3 Å². The Balaban J connectivity index is 0.000000235. The van der Waals surface area contributed by atoms with Crippen molar-refractivity contribution < 1.29 is 106 Å². The fourth-order valence-electron chi connectivity index (χ4n) is 8.26. The Labute approximate surface area is 549 Å². The number of nitrogens with one attached hydrogen (secondary N) is 2. The molecule has 0 atom stereocenters. The maximum Gasteiger partial charge on any atom is 0.338 e. The van der Waals surface area contributed by atoms with Crippen LogP contribution in [0.4, 0.5) is 39.8 Å². The summed E-state index contributed by atoms with van der Waals surface area (Å²) in [6.07, 6.45) is 0. The number of nitro groups is 5. The van der Waals surface area contributed by atoms with E-state index >= 15 is 0 Å². The minimum Gasteiger partial charge on any atom is -0.497 e. The maximum atomic E-state index is 12.6. The molecule has 2 amide bonds. The number of anilines is 2. The van der Waals surface area contributed by atoms with Crippen LogP contribution in [-0.4, -0.2) is 131 Å². The number of hydrogen-bond acceptors (Lipinski definition) is 26. The molecule has 0 radical (unpaired) electrons. The summed E-state index contributed by atoms with van der Waals surface area (Å²) >= 11 is 0. The number of esters is 3. The minimum atomic E-state index is -1.30. The van der Waals surface area contributed by atoms with Crippen molar-refractivity contribution in [2.75, 3.05) is 58.9 Å². The van der Waals surface area contributed by atoms with Crippen molar-refractivity contribution in [2.45, 2.75) is 0 Å². The molecule has 0 spiro atoms. The second-order valence-electron chi connectivity index (χ2n) is 19.3. The number of aromatic carboxylic acids is 1. The van der Waals surface area contributed by atoms with Gasteiger partial charge < -0.3 is 48.9 Å². The molecule has 3 N–H and O–H groups in total. The van der Waals surface area contributed by atoms with Crippen LogP contribution in [0.1, 0.15) is 93.2 Å². The summed E-state index contributed by atoms with van der Waals surface area (Å²) in [5.41, 5.74) is -2.73. The van der Waals surface area contributed by atoms with Crippen LogP contribution >= 0.6 is 0 Å². The Kier molecular flexibility index (Phi) is 25.2. The molecule has 8 aromatic carbocycles. The van der Waals surface area contributed by atoms with Gasteiger partial charge in [-0.1, -0.05) is 36.4 Å². The number of hydrogen-bond donors (Lipinski definition) is 3. The maximum absolute atomic E-state index is 12.6. The molecule has 0 saturated carbocycles. The van der Waals surface area contributed by atoms with Gasteiger partial charge in [0.05, 0.1) is 87.1 Å². The van der Waals surface area contributed by atoms with E-state index in [0.29, 0.717) is 17.4 Å². The molecule has 0 saturated heterocycles. The smallest absolute Gasteiger partial charge is 0.338 e. The second-order valence-corrected chi connectivity index (χ2v) is 19.3. The Morgan fingerprint density at radius 3 is 1.28 bits per heavy atom. The van der Waals surface area contributed by atoms with E-state index in [1.54, 1.807) is 12.1 Å². The molecule has 0 bridgehead atoms. The van der Waals surface area contributed by atoms with Crippen LogP contribution in [0.2, 0.25) is 0 Å². The lowest BCUT2D eigenvalue weighted by atomic mass is 10.1. The van der Waals surface area contributed by atoms with Gasteiger partial charge in [0, 0.05) is 76.5 Å². The third kappa shape index (κ3) is 19.7. The van der Waals surface area contributed by atoms with E-state index in [-0.39, 0.29) is 78.9 Å². The molecule has 34 nitrogen and oxygen atoms in total. The zero-order valence-electron chi connectivity index (χ0n) is 51.1. The fraction of sp³-hybridized carbons (Fsp3) is 0.109. The molecule has 8 rings (SSSR count). The highest BCUT2D eigenvalue weighted by atomic mass is 16.6. The lowest BCUT2D eigenvalue weighted by Crippen LogP contribution is -2.16. The summed E-state index contributed by atoms with van der Waals surface area (Å²) in [6, 6.07) is 35.5. The van der Waals surface area contributed by atoms with Crippen molar-refractivity contribution in [1.29, 1.82) is 0 Å². The van der Waals surface area contributed by atoms with E-state index < -0.39 is 120 Å². The van der Waals surface area contributed by atoms with Gasteiger partial charge in [0.2, 0.25) is 11.6 Å². The number of non-ortho nitro benzene ring substituents is 3. The van der Waals surface area contributed by atoms with Crippen LogP contribution < -0.4 is 29.6 Å². The first kappa shape index (κ1) is 72.8. The predicted molar refractivity (Wildman–Crippen MR) is 338 cm³/mol. The number of ketones is 3. The van der Waals surface area contributed by atoms with Gasteiger partial charge >= 0.3 is 29.6 Å². The van der Waals surface area contributed by atoms with E-state index in [1.165, 1.54) is 144 Å². The first-order valence-electron chi connectivity index (χ1n) is 27.5. The number of Topliss-reactive ketones (excluding diaryl/α,β-unsaturated/α-hetero) is 3. The van der Waals surface area contributed by atoms with Gasteiger partial charge in [0.15, 0.2) is 42.9 Å². The third-order valence-electron chi connectivity index (χ3n) is 13.1. The molecule has 0 fully saturated rings. The van der Waals surface area contributed by atoms with Crippen LogP contribution in [0.15, 0.2) is 170 Å². The first-order valence-corrected chi connectivity index (χ1v) is 27.5. The molecule has 0 aliphatic carbocycles. The molecular weight excluding hydrogens is 1300 g/mol. The Hall–Kier alpha value is -14.2. The number of carbonyl (C=O) groups excluding carboxylic acids is 8. The zero-order chi connectivity index (χ0) is 71.9.